The van der Waals surface area contributed by atoms with Crippen molar-refractivity contribution in [2.45, 2.75) is 0 Å². The predicted molar refractivity (Wildman–Crippen MR) is 50.9 cm³/mol. The number of nitrogens with two attached hydrogens (primary N) is 1. The second-order valence-electron chi connectivity index (χ2n) is 2.63. The smallest absolute Gasteiger partial charge is 0.180 e. The van der Waals surface area contributed by atoms with Crippen LogP contribution in [-0.2, 0) is 7.05 Å². The summed E-state index contributed by atoms with van der Waals surface area (Å²) in [5.74, 6) is 0. The van der Waals surface area contributed by atoms with Gasteiger partial charge in [0.15, 0.2) is 5.13 Å². The van der Waals surface area contributed by atoms with E-state index in [-0.39, 0.29) is 0 Å². The highest BCUT2D eigenvalue weighted by molar-refractivity contribution is 7.18. The molecule has 0 atom stereocenters. The summed E-state index contributed by atoms with van der Waals surface area (Å²) < 4.78 is 2.01. The van der Waals surface area contributed by atoms with E-state index in [0.29, 0.717) is 5.13 Å². The summed E-state index contributed by atoms with van der Waals surface area (Å²) >= 11 is 1.51. The molecule has 0 unspecified atom stereocenters. The second kappa shape index (κ2) is 2.64. The molecule has 3 nitrogen and oxygen atoms in total. The zero-order valence-electron chi connectivity index (χ0n) is 6.69. The van der Waals surface area contributed by atoms with Gasteiger partial charge >= 0.3 is 0 Å². The van der Waals surface area contributed by atoms with Crippen molar-refractivity contribution in [3.05, 3.63) is 24.7 Å². The first kappa shape index (κ1) is 7.36. The standard InChI is InChI=1S/C8H9N3S/c1-11-3-2-6(5-11)7-4-10-8(9)12-7/h2-5H,1H3,(H2,9,10). The van der Waals surface area contributed by atoms with E-state index in [1.54, 1.807) is 6.20 Å². The largest absolute Gasteiger partial charge is 0.375 e. The molecular weight excluding hydrogens is 170 g/mol. The molecule has 0 aliphatic carbocycles. The van der Waals surface area contributed by atoms with Crippen molar-refractivity contribution in [1.82, 2.24) is 9.55 Å². The highest BCUT2D eigenvalue weighted by Gasteiger charge is 2.02. The van der Waals surface area contributed by atoms with Gasteiger partial charge in [0, 0.05) is 31.2 Å². The van der Waals surface area contributed by atoms with E-state index in [1.165, 1.54) is 16.9 Å². The van der Waals surface area contributed by atoms with Crippen LogP contribution in [0.3, 0.4) is 0 Å². The molecule has 0 aliphatic heterocycles. The topological polar surface area (TPSA) is 43.8 Å². The van der Waals surface area contributed by atoms with Gasteiger partial charge in [-0.05, 0) is 6.07 Å². The van der Waals surface area contributed by atoms with Crippen LogP contribution >= 0.6 is 11.3 Å². The lowest BCUT2D eigenvalue weighted by atomic mass is 10.3. The van der Waals surface area contributed by atoms with E-state index >= 15 is 0 Å². The van der Waals surface area contributed by atoms with Crippen LogP contribution in [0.1, 0.15) is 0 Å². The predicted octanol–water partition coefficient (Wildman–Crippen LogP) is 1.73. The first-order chi connectivity index (χ1) is 5.75. The third-order valence-electron chi connectivity index (χ3n) is 1.64. The molecule has 0 saturated heterocycles. The Labute approximate surface area is 74.5 Å². The highest BCUT2D eigenvalue weighted by atomic mass is 32.1. The molecule has 0 spiro atoms. The monoisotopic (exact) mass is 179 g/mol. The summed E-state index contributed by atoms with van der Waals surface area (Å²) in [5.41, 5.74) is 6.70. The Kier molecular flexibility index (Phi) is 1.62. The van der Waals surface area contributed by atoms with Gasteiger partial charge in [-0.25, -0.2) is 4.98 Å². The number of rotatable bonds is 1. The molecule has 0 amide bonds. The number of hydrogen-bond acceptors (Lipinski definition) is 3. The van der Waals surface area contributed by atoms with Crippen LogP contribution in [0.2, 0.25) is 0 Å². The van der Waals surface area contributed by atoms with Crippen molar-refractivity contribution in [1.29, 1.82) is 0 Å². The molecular formula is C8H9N3S. The number of hydrogen-bond donors (Lipinski definition) is 1. The first-order valence-electron chi connectivity index (χ1n) is 3.59. The lowest BCUT2D eigenvalue weighted by molar-refractivity contribution is 0.929. The van der Waals surface area contributed by atoms with Crippen LogP contribution in [0, 0.1) is 0 Å². The van der Waals surface area contributed by atoms with E-state index in [4.69, 9.17) is 5.73 Å². The van der Waals surface area contributed by atoms with E-state index in [2.05, 4.69) is 4.98 Å². The van der Waals surface area contributed by atoms with Crippen LogP contribution in [0.4, 0.5) is 5.13 Å². The number of thiazole rings is 1. The van der Waals surface area contributed by atoms with E-state index < -0.39 is 0 Å². The fraction of sp³-hybridized carbons (Fsp3) is 0.125. The Morgan fingerprint density at radius 2 is 2.42 bits per heavy atom. The second-order valence-corrected chi connectivity index (χ2v) is 3.69. The molecule has 0 fully saturated rings. The maximum atomic E-state index is 5.52. The van der Waals surface area contributed by atoms with Gasteiger partial charge in [0.1, 0.15) is 0 Å². The third kappa shape index (κ3) is 1.21. The maximum absolute atomic E-state index is 5.52. The highest BCUT2D eigenvalue weighted by Crippen LogP contribution is 2.26. The average molecular weight is 179 g/mol. The molecule has 2 aromatic heterocycles. The first-order valence-corrected chi connectivity index (χ1v) is 4.41. The Balaban J connectivity index is 2.43. The minimum Gasteiger partial charge on any atom is -0.375 e. The zero-order valence-corrected chi connectivity index (χ0v) is 7.51. The molecule has 2 heterocycles. The Bertz CT molecular complexity index is 350. The van der Waals surface area contributed by atoms with Gasteiger partial charge in [-0.2, -0.15) is 0 Å². The SMILES string of the molecule is Cn1ccc(-c2cnc(N)s2)c1. The molecule has 2 N–H and O–H groups in total. The molecule has 0 radical (unpaired) electrons. The lowest BCUT2D eigenvalue weighted by Gasteiger charge is -1.87. The summed E-state index contributed by atoms with van der Waals surface area (Å²) in [6, 6.07) is 2.05. The van der Waals surface area contributed by atoms with Gasteiger partial charge in [-0.15, -0.1) is 0 Å². The summed E-state index contributed by atoms with van der Waals surface area (Å²) in [4.78, 5) is 5.11. The lowest BCUT2D eigenvalue weighted by Crippen LogP contribution is -1.77. The minimum atomic E-state index is 0.619. The molecule has 2 rings (SSSR count). The van der Waals surface area contributed by atoms with Crippen molar-refractivity contribution >= 4 is 16.5 Å². The fourth-order valence-electron chi connectivity index (χ4n) is 1.07. The van der Waals surface area contributed by atoms with Gasteiger partial charge < -0.3 is 10.3 Å². The summed E-state index contributed by atoms with van der Waals surface area (Å²) in [6.07, 6.45) is 5.85. The summed E-state index contributed by atoms with van der Waals surface area (Å²) in [7, 11) is 1.99. The van der Waals surface area contributed by atoms with Gasteiger partial charge in [-0.1, -0.05) is 11.3 Å². The third-order valence-corrected chi connectivity index (χ3v) is 2.52. The van der Waals surface area contributed by atoms with Crippen LogP contribution < -0.4 is 5.73 Å². The van der Waals surface area contributed by atoms with Gasteiger partial charge in [0.25, 0.3) is 0 Å². The Morgan fingerprint density at radius 3 is 2.92 bits per heavy atom. The van der Waals surface area contributed by atoms with Crippen molar-refractivity contribution < 1.29 is 0 Å². The fourth-order valence-corrected chi connectivity index (χ4v) is 1.74. The molecule has 0 saturated carbocycles. The van der Waals surface area contributed by atoms with Gasteiger partial charge in [0.05, 0.1) is 4.88 Å². The Hall–Kier alpha value is -1.29. The molecule has 12 heavy (non-hydrogen) atoms. The quantitative estimate of drug-likeness (QED) is 0.724. The molecule has 0 aromatic carbocycles. The average Bonchev–Trinajstić information content (AvgIpc) is 2.58. The summed E-state index contributed by atoms with van der Waals surface area (Å²) in [5, 5.41) is 0.619. The van der Waals surface area contributed by atoms with E-state index in [0.717, 1.165) is 4.88 Å². The van der Waals surface area contributed by atoms with Crippen LogP contribution in [0.25, 0.3) is 10.4 Å². The van der Waals surface area contributed by atoms with E-state index in [9.17, 15) is 0 Å². The van der Waals surface area contributed by atoms with E-state index in [1.807, 2.05) is 30.1 Å². The van der Waals surface area contributed by atoms with Gasteiger partial charge in [0.2, 0.25) is 0 Å². The number of nitrogen functional groups attached to an aromatic ring is 1. The van der Waals surface area contributed by atoms with Crippen LogP contribution in [-0.4, -0.2) is 9.55 Å². The normalized spacial score (nSPS) is 10.4. The van der Waals surface area contributed by atoms with Crippen LogP contribution in [0.5, 0.6) is 0 Å². The minimum absolute atomic E-state index is 0.619. The maximum Gasteiger partial charge on any atom is 0.180 e. The number of aryl methyl sites for hydroxylation is 1. The van der Waals surface area contributed by atoms with Crippen LogP contribution in [0.15, 0.2) is 24.7 Å². The molecule has 2 aromatic rings. The summed E-state index contributed by atoms with van der Waals surface area (Å²) in [6.45, 7) is 0. The van der Waals surface area contributed by atoms with Crippen molar-refractivity contribution in [3.63, 3.8) is 0 Å². The number of nitrogens with zero attached hydrogens (tertiary/aromatic N) is 2. The number of anilines is 1. The number of aromatic nitrogens is 2. The molecule has 0 bridgehead atoms. The molecule has 4 heteroatoms. The Morgan fingerprint density at radius 1 is 1.58 bits per heavy atom. The van der Waals surface area contributed by atoms with Gasteiger partial charge in [-0.3, -0.25) is 0 Å². The van der Waals surface area contributed by atoms with Crippen molar-refractivity contribution in [2.24, 2.45) is 7.05 Å². The van der Waals surface area contributed by atoms with Crippen molar-refractivity contribution in [2.75, 3.05) is 5.73 Å². The molecule has 0 aliphatic rings. The van der Waals surface area contributed by atoms with Crippen molar-refractivity contribution in [3.8, 4) is 10.4 Å². The zero-order chi connectivity index (χ0) is 8.55. The molecule has 62 valence electrons.